The summed E-state index contributed by atoms with van der Waals surface area (Å²) in [7, 11) is 0. The van der Waals surface area contributed by atoms with E-state index >= 15 is 0 Å². The van der Waals surface area contributed by atoms with Gasteiger partial charge in [-0.3, -0.25) is 0 Å². The van der Waals surface area contributed by atoms with Crippen molar-refractivity contribution in [2.75, 3.05) is 0 Å². The van der Waals surface area contributed by atoms with Gasteiger partial charge in [0.15, 0.2) is 5.76 Å². The first-order chi connectivity index (χ1) is 13.5. The highest BCUT2D eigenvalue weighted by Crippen LogP contribution is 2.28. The maximum Gasteiger partial charge on any atom is 0.415 e. The molecule has 2 heterocycles. The molecule has 0 bridgehead atoms. The Bertz CT molecular complexity index is 935. The lowest BCUT2D eigenvalue weighted by atomic mass is 10.1. The molecule has 3 rings (SSSR count). The molecule has 0 saturated carbocycles. The number of nitrogens with one attached hydrogen (secondary N) is 1. The lowest BCUT2D eigenvalue weighted by molar-refractivity contribution is 0.176. The molecular formula is C18H18FN3O6. The van der Waals surface area contributed by atoms with Gasteiger partial charge < -0.3 is 28.9 Å². The lowest BCUT2D eigenvalue weighted by Crippen LogP contribution is -2.32. The van der Waals surface area contributed by atoms with Crippen LogP contribution in [0.5, 0.6) is 11.8 Å². The van der Waals surface area contributed by atoms with E-state index in [-0.39, 0.29) is 36.1 Å². The number of hydrogen-bond donors (Lipinski definition) is 2. The normalized spacial score (nSPS) is 10.9. The Morgan fingerprint density at radius 3 is 2.68 bits per heavy atom. The number of ether oxygens (including phenoxy) is 2. The molecule has 2 N–H and O–H groups in total. The predicted octanol–water partition coefficient (Wildman–Crippen LogP) is 3.04. The molecule has 0 unspecified atom stereocenters. The zero-order valence-electron chi connectivity index (χ0n) is 15.1. The molecule has 10 heteroatoms. The maximum atomic E-state index is 13.1. The number of hydrogen-bond acceptors (Lipinski definition) is 8. The molecule has 9 nitrogen and oxygen atoms in total. The maximum absolute atomic E-state index is 13.1. The van der Waals surface area contributed by atoms with Crippen molar-refractivity contribution in [1.82, 2.24) is 15.6 Å². The number of carbonyl (C=O) groups excluding carboxylic acids is 1. The number of aliphatic hydroxyl groups excluding tert-OH is 1. The smallest absolute Gasteiger partial charge is 0.415 e. The first-order valence-corrected chi connectivity index (χ1v) is 8.38. The van der Waals surface area contributed by atoms with Gasteiger partial charge in [-0.05, 0) is 43.3 Å². The van der Waals surface area contributed by atoms with E-state index in [9.17, 15) is 14.3 Å². The second-order valence-electron chi connectivity index (χ2n) is 6.06. The van der Waals surface area contributed by atoms with E-state index in [1.165, 1.54) is 30.3 Å². The summed E-state index contributed by atoms with van der Waals surface area (Å²) in [6, 6.07) is 6.85. The van der Waals surface area contributed by atoms with Crippen molar-refractivity contribution in [2.45, 2.75) is 33.1 Å². The van der Waals surface area contributed by atoms with E-state index in [1.54, 1.807) is 13.8 Å². The predicted molar refractivity (Wildman–Crippen MR) is 93.0 cm³/mol. The first kappa shape index (κ1) is 19.4. The third-order valence-electron chi connectivity index (χ3n) is 3.56. The van der Waals surface area contributed by atoms with Crippen LogP contribution in [0.15, 0.2) is 39.4 Å². The molecule has 148 valence electrons. The van der Waals surface area contributed by atoms with Crippen LogP contribution >= 0.6 is 0 Å². The summed E-state index contributed by atoms with van der Waals surface area (Å²) in [5.41, 5.74) is 1.47. The molecule has 0 saturated heterocycles. The number of amides is 1. The van der Waals surface area contributed by atoms with Crippen molar-refractivity contribution in [1.29, 1.82) is 0 Å². The van der Waals surface area contributed by atoms with Gasteiger partial charge in [0.05, 0.1) is 11.6 Å². The molecule has 28 heavy (non-hydrogen) atoms. The molecule has 0 spiro atoms. The monoisotopic (exact) mass is 391 g/mol. The van der Waals surface area contributed by atoms with E-state index in [1.807, 2.05) is 0 Å². The summed E-state index contributed by atoms with van der Waals surface area (Å²) in [6.07, 6.45) is -0.683. The molecular weight excluding hydrogens is 373 g/mol. The Morgan fingerprint density at radius 2 is 2.00 bits per heavy atom. The molecule has 3 aromatic rings. The number of benzene rings is 1. The Balaban J connectivity index is 1.70. The van der Waals surface area contributed by atoms with E-state index in [0.717, 1.165) is 0 Å². The summed E-state index contributed by atoms with van der Waals surface area (Å²) < 4.78 is 33.6. The molecule has 0 aliphatic rings. The van der Waals surface area contributed by atoms with Gasteiger partial charge in [0, 0.05) is 11.6 Å². The van der Waals surface area contributed by atoms with Crippen LogP contribution in [-0.2, 0) is 13.2 Å². The van der Waals surface area contributed by atoms with Crippen LogP contribution in [0.4, 0.5) is 9.18 Å². The van der Waals surface area contributed by atoms with Crippen LogP contribution < -0.4 is 14.8 Å². The fourth-order valence-electron chi connectivity index (χ4n) is 2.31. The number of nitrogens with zero attached hydrogens (tertiary/aromatic N) is 2. The highest BCUT2D eigenvalue weighted by atomic mass is 19.1. The molecule has 1 aromatic carbocycles. The summed E-state index contributed by atoms with van der Waals surface area (Å²) in [5, 5.41) is 19.5. The number of rotatable bonds is 7. The van der Waals surface area contributed by atoms with Gasteiger partial charge in [0.2, 0.25) is 0 Å². The van der Waals surface area contributed by atoms with Crippen LogP contribution in [0.2, 0.25) is 0 Å². The van der Waals surface area contributed by atoms with Gasteiger partial charge in [0.1, 0.15) is 24.7 Å². The van der Waals surface area contributed by atoms with Gasteiger partial charge in [-0.25, -0.2) is 9.18 Å². The van der Waals surface area contributed by atoms with Crippen LogP contribution in [0.3, 0.4) is 0 Å². The number of halogens is 1. The van der Waals surface area contributed by atoms with E-state index < -0.39 is 12.7 Å². The van der Waals surface area contributed by atoms with Gasteiger partial charge in [-0.15, -0.1) is 0 Å². The Morgan fingerprint density at radius 1 is 1.25 bits per heavy atom. The van der Waals surface area contributed by atoms with Crippen LogP contribution in [0.1, 0.15) is 25.2 Å². The number of carbonyl (C=O) groups is 1. The van der Waals surface area contributed by atoms with Gasteiger partial charge in [-0.2, -0.15) is 0 Å². The van der Waals surface area contributed by atoms with Crippen LogP contribution in [-0.4, -0.2) is 27.6 Å². The zero-order chi connectivity index (χ0) is 20.1. The second-order valence-corrected chi connectivity index (χ2v) is 6.06. The average Bonchev–Trinajstić information content (AvgIpc) is 3.26. The Kier molecular flexibility index (Phi) is 5.90. The molecule has 2 aromatic heterocycles. The highest BCUT2D eigenvalue weighted by molar-refractivity contribution is 5.69. The zero-order valence-corrected chi connectivity index (χ0v) is 15.1. The standard InChI is InChI=1S/C18H18FN3O6/c1-10(2)20-18(24)26-16-7-15(21-28-16)25-9-13-14(8-23)27-22-17(13)11-3-5-12(19)6-4-11/h3-7,10,23H,8-9H2,1-2H3,(H,20,24). The largest absolute Gasteiger partial charge is 0.470 e. The first-order valence-electron chi connectivity index (χ1n) is 8.38. The van der Waals surface area contributed by atoms with Crippen LogP contribution in [0.25, 0.3) is 11.3 Å². The third-order valence-corrected chi connectivity index (χ3v) is 3.56. The minimum absolute atomic E-state index is 0.0579. The number of aromatic nitrogens is 2. The quantitative estimate of drug-likeness (QED) is 0.631. The molecule has 0 radical (unpaired) electrons. The average molecular weight is 391 g/mol. The van der Waals surface area contributed by atoms with Crippen molar-refractivity contribution in [3.05, 3.63) is 47.5 Å². The lowest BCUT2D eigenvalue weighted by Gasteiger charge is -2.05. The van der Waals surface area contributed by atoms with Gasteiger partial charge in [0.25, 0.3) is 5.88 Å². The minimum Gasteiger partial charge on any atom is -0.470 e. The molecule has 0 aliphatic carbocycles. The van der Waals surface area contributed by atoms with E-state index in [2.05, 4.69) is 15.6 Å². The molecule has 0 aliphatic heterocycles. The topological polar surface area (TPSA) is 120 Å². The van der Waals surface area contributed by atoms with E-state index in [0.29, 0.717) is 16.8 Å². The van der Waals surface area contributed by atoms with Gasteiger partial charge >= 0.3 is 12.0 Å². The van der Waals surface area contributed by atoms with Crippen molar-refractivity contribution >= 4 is 6.09 Å². The third kappa shape index (κ3) is 4.65. The SMILES string of the molecule is CC(C)NC(=O)Oc1cc(OCc2c(-c3ccc(F)cc3)noc2CO)no1. The molecule has 0 atom stereocenters. The molecule has 0 fully saturated rings. The summed E-state index contributed by atoms with van der Waals surface area (Å²) in [4.78, 5) is 11.5. The summed E-state index contributed by atoms with van der Waals surface area (Å²) >= 11 is 0. The minimum atomic E-state index is -0.683. The fourth-order valence-corrected chi connectivity index (χ4v) is 2.31. The van der Waals surface area contributed by atoms with Crippen LogP contribution in [0, 0.1) is 5.82 Å². The van der Waals surface area contributed by atoms with Crippen molar-refractivity contribution in [3.63, 3.8) is 0 Å². The van der Waals surface area contributed by atoms with Crippen molar-refractivity contribution in [2.24, 2.45) is 0 Å². The van der Waals surface area contributed by atoms with Crippen molar-refractivity contribution in [3.8, 4) is 23.1 Å². The Labute approximate surface area is 159 Å². The Hall–Kier alpha value is -3.40. The second kappa shape index (κ2) is 8.53. The van der Waals surface area contributed by atoms with Gasteiger partial charge in [-0.1, -0.05) is 5.16 Å². The summed E-state index contributed by atoms with van der Waals surface area (Å²) in [5.74, 6) is -0.262. The van der Waals surface area contributed by atoms with Crippen molar-refractivity contribution < 1.29 is 32.8 Å². The highest BCUT2D eigenvalue weighted by Gasteiger charge is 2.19. The fraction of sp³-hybridized carbons (Fsp3) is 0.278. The molecule has 1 amide bonds. The summed E-state index contributed by atoms with van der Waals surface area (Å²) in [6.45, 7) is 3.12. The number of aliphatic hydroxyl groups is 1. The van der Waals surface area contributed by atoms with E-state index in [4.69, 9.17) is 18.5 Å².